The maximum atomic E-state index is 12.5. The highest BCUT2D eigenvalue weighted by Crippen LogP contribution is 2.58. The van der Waals surface area contributed by atoms with Crippen LogP contribution in [0.15, 0.2) is 0 Å². The number of thioether (sulfide) groups is 1. The van der Waals surface area contributed by atoms with Crippen LogP contribution in [-0.2, 0) is 4.79 Å². The summed E-state index contributed by atoms with van der Waals surface area (Å²) in [5, 5.41) is 7.54. The van der Waals surface area contributed by atoms with Crippen LogP contribution >= 0.6 is 24.2 Å². The number of nitrogens with one attached hydrogen (secondary N) is 2. The molecule has 2 N–H and O–H groups in total. The molecule has 3 aliphatic rings. The molecule has 1 saturated heterocycles. The third-order valence-electron chi connectivity index (χ3n) is 5.48. The summed E-state index contributed by atoms with van der Waals surface area (Å²) in [5.74, 6) is 1.88. The average molecular weight is 333 g/mol. The highest BCUT2D eigenvalue weighted by atomic mass is 35.5. The minimum atomic E-state index is 0. The van der Waals surface area contributed by atoms with Gasteiger partial charge in [-0.2, -0.15) is 11.8 Å². The van der Waals surface area contributed by atoms with Gasteiger partial charge in [0.1, 0.15) is 0 Å². The lowest BCUT2D eigenvalue weighted by molar-refractivity contribution is -0.124. The van der Waals surface area contributed by atoms with Gasteiger partial charge < -0.3 is 10.6 Å². The quantitative estimate of drug-likeness (QED) is 0.831. The van der Waals surface area contributed by atoms with Crippen molar-refractivity contribution in [3.05, 3.63) is 0 Å². The van der Waals surface area contributed by atoms with E-state index in [0.29, 0.717) is 23.3 Å². The van der Waals surface area contributed by atoms with Crippen molar-refractivity contribution in [1.82, 2.24) is 10.6 Å². The number of amides is 1. The predicted octanol–water partition coefficient (Wildman–Crippen LogP) is 2.98. The molecule has 122 valence electrons. The van der Waals surface area contributed by atoms with Crippen LogP contribution in [0.25, 0.3) is 0 Å². The summed E-state index contributed by atoms with van der Waals surface area (Å²) in [6.45, 7) is 4.43. The van der Waals surface area contributed by atoms with Gasteiger partial charge in [-0.15, -0.1) is 12.4 Å². The summed E-state index contributed by atoms with van der Waals surface area (Å²) < 4.78 is 0. The van der Waals surface area contributed by atoms with Gasteiger partial charge in [0, 0.05) is 17.2 Å². The molecule has 0 aromatic carbocycles. The molecule has 21 heavy (non-hydrogen) atoms. The monoisotopic (exact) mass is 332 g/mol. The molecule has 3 atom stereocenters. The summed E-state index contributed by atoms with van der Waals surface area (Å²) in [7, 11) is 0. The van der Waals surface area contributed by atoms with Crippen LogP contribution in [0.3, 0.4) is 0 Å². The van der Waals surface area contributed by atoms with Crippen LogP contribution in [0.2, 0.25) is 0 Å². The normalized spacial score (nSPS) is 34.0. The average Bonchev–Trinajstić information content (AvgIpc) is 3.14. The molecule has 3 unspecified atom stereocenters. The van der Waals surface area contributed by atoms with E-state index in [1.807, 2.05) is 0 Å². The molecule has 3 fully saturated rings. The summed E-state index contributed by atoms with van der Waals surface area (Å²) in [4.78, 5) is 12.5. The molecule has 5 heteroatoms. The van der Waals surface area contributed by atoms with Crippen molar-refractivity contribution >= 4 is 30.1 Å². The van der Waals surface area contributed by atoms with E-state index in [1.165, 1.54) is 44.3 Å². The molecule has 2 aliphatic carbocycles. The van der Waals surface area contributed by atoms with Gasteiger partial charge in [-0.3, -0.25) is 4.79 Å². The minimum absolute atomic E-state index is 0. The Morgan fingerprint density at radius 1 is 1.33 bits per heavy atom. The van der Waals surface area contributed by atoms with Crippen molar-refractivity contribution in [2.24, 2.45) is 11.3 Å². The van der Waals surface area contributed by atoms with Crippen LogP contribution in [0.1, 0.15) is 51.9 Å². The van der Waals surface area contributed by atoms with Crippen LogP contribution < -0.4 is 10.6 Å². The number of rotatable bonds is 4. The van der Waals surface area contributed by atoms with Gasteiger partial charge in [-0.05, 0) is 62.8 Å². The van der Waals surface area contributed by atoms with E-state index in [4.69, 9.17) is 0 Å². The first-order valence-corrected chi connectivity index (χ1v) is 9.41. The standard InChI is InChI=1S/C16H28N2OS.ClH/c1-2-20-13-5-3-4-12(10-13)18-15(19)14-11-16(14)6-8-17-9-7-16;/h12-14,17H,2-11H2,1H3,(H,18,19);1H. The Labute approximate surface area is 139 Å². The zero-order valence-electron chi connectivity index (χ0n) is 13.0. The van der Waals surface area contributed by atoms with E-state index < -0.39 is 0 Å². The first-order valence-electron chi connectivity index (χ1n) is 8.36. The molecule has 2 saturated carbocycles. The Bertz CT molecular complexity index is 358. The Morgan fingerprint density at radius 3 is 2.81 bits per heavy atom. The molecule has 0 radical (unpaired) electrons. The van der Waals surface area contributed by atoms with Crippen molar-refractivity contribution < 1.29 is 4.79 Å². The van der Waals surface area contributed by atoms with E-state index in [1.54, 1.807) is 0 Å². The minimum Gasteiger partial charge on any atom is -0.353 e. The first kappa shape index (κ1) is 17.4. The van der Waals surface area contributed by atoms with Crippen LogP contribution in [-0.4, -0.2) is 36.0 Å². The predicted molar refractivity (Wildman–Crippen MR) is 92.2 cm³/mol. The van der Waals surface area contributed by atoms with Crippen molar-refractivity contribution in [1.29, 1.82) is 0 Å². The number of piperidine rings is 1. The molecule has 0 bridgehead atoms. The van der Waals surface area contributed by atoms with Crippen LogP contribution in [0, 0.1) is 11.3 Å². The number of halogens is 1. The zero-order chi connectivity index (χ0) is 14.0. The highest BCUT2D eigenvalue weighted by molar-refractivity contribution is 7.99. The molecule has 1 spiro atoms. The molecular weight excluding hydrogens is 304 g/mol. The van der Waals surface area contributed by atoms with Gasteiger partial charge in [-0.25, -0.2) is 0 Å². The lowest BCUT2D eigenvalue weighted by Crippen LogP contribution is -2.41. The van der Waals surface area contributed by atoms with E-state index in [-0.39, 0.29) is 12.4 Å². The fraction of sp³-hybridized carbons (Fsp3) is 0.938. The Hall–Kier alpha value is 0.0700. The van der Waals surface area contributed by atoms with E-state index in [0.717, 1.165) is 24.8 Å². The second-order valence-electron chi connectivity index (χ2n) is 6.82. The molecular formula is C16H29ClN2OS. The fourth-order valence-corrected chi connectivity index (χ4v) is 5.33. The molecule has 1 amide bonds. The highest BCUT2D eigenvalue weighted by Gasteiger charge is 2.57. The van der Waals surface area contributed by atoms with Gasteiger partial charge in [0.15, 0.2) is 0 Å². The number of hydrogen-bond acceptors (Lipinski definition) is 3. The molecule has 1 aliphatic heterocycles. The maximum Gasteiger partial charge on any atom is 0.223 e. The third-order valence-corrected chi connectivity index (χ3v) is 6.71. The van der Waals surface area contributed by atoms with Crippen molar-refractivity contribution in [2.75, 3.05) is 18.8 Å². The molecule has 0 aromatic rings. The van der Waals surface area contributed by atoms with Gasteiger partial charge in [0.05, 0.1) is 0 Å². The van der Waals surface area contributed by atoms with Gasteiger partial charge in [0.25, 0.3) is 0 Å². The van der Waals surface area contributed by atoms with Gasteiger partial charge >= 0.3 is 0 Å². The van der Waals surface area contributed by atoms with Crippen LogP contribution in [0.4, 0.5) is 0 Å². The van der Waals surface area contributed by atoms with E-state index in [9.17, 15) is 4.79 Å². The summed E-state index contributed by atoms with van der Waals surface area (Å²) in [6.07, 6.45) is 8.53. The van der Waals surface area contributed by atoms with Gasteiger partial charge in [0.2, 0.25) is 5.91 Å². The fourth-order valence-electron chi connectivity index (χ4n) is 4.16. The maximum absolute atomic E-state index is 12.5. The Balaban J connectivity index is 0.00000161. The topological polar surface area (TPSA) is 41.1 Å². The Morgan fingerprint density at radius 2 is 2.10 bits per heavy atom. The third kappa shape index (κ3) is 4.08. The molecule has 0 aromatic heterocycles. The number of carbonyl (C=O) groups is 1. The zero-order valence-corrected chi connectivity index (χ0v) is 14.7. The smallest absolute Gasteiger partial charge is 0.223 e. The largest absolute Gasteiger partial charge is 0.353 e. The van der Waals surface area contributed by atoms with Crippen molar-refractivity contribution in [2.45, 2.75) is 63.2 Å². The summed E-state index contributed by atoms with van der Waals surface area (Å²) in [5.41, 5.74) is 0.377. The lowest BCUT2D eigenvalue weighted by atomic mass is 9.91. The van der Waals surface area contributed by atoms with Crippen molar-refractivity contribution in [3.8, 4) is 0 Å². The molecule has 3 nitrogen and oxygen atoms in total. The van der Waals surface area contributed by atoms with Gasteiger partial charge in [-0.1, -0.05) is 13.3 Å². The summed E-state index contributed by atoms with van der Waals surface area (Å²) in [6, 6.07) is 0.444. The van der Waals surface area contributed by atoms with Crippen molar-refractivity contribution in [3.63, 3.8) is 0 Å². The van der Waals surface area contributed by atoms with E-state index in [2.05, 4.69) is 29.3 Å². The van der Waals surface area contributed by atoms with Crippen LogP contribution in [0.5, 0.6) is 0 Å². The lowest BCUT2D eigenvalue weighted by Gasteiger charge is -2.30. The number of hydrogen-bond donors (Lipinski definition) is 2. The SMILES string of the molecule is CCSC1CCCC(NC(=O)C2CC23CCNCC3)C1.Cl. The summed E-state index contributed by atoms with van der Waals surface area (Å²) >= 11 is 2.07. The second kappa shape index (κ2) is 7.56. The number of carbonyl (C=O) groups excluding carboxylic acids is 1. The molecule has 1 heterocycles. The second-order valence-corrected chi connectivity index (χ2v) is 8.40. The molecule has 3 rings (SSSR count). The van der Waals surface area contributed by atoms with E-state index >= 15 is 0 Å². The first-order chi connectivity index (χ1) is 9.73. The Kier molecular flexibility index (Phi) is 6.27.